The van der Waals surface area contributed by atoms with E-state index in [2.05, 4.69) is 5.32 Å². The molecule has 1 fully saturated rings. The molecule has 0 spiro atoms. The average molecular weight is 260 g/mol. The van der Waals surface area contributed by atoms with Crippen LogP contribution in [0.3, 0.4) is 0 Å². The normalized spacial score (nSPS) is 22.9. The predicted molar refractivity (Wildman–Crippen MR) is 48.8 cm³/mol. The zero-order valence-electron chi connectivity index (χ0n) is 8.63. The van der Waals surface area contributed by atoms with Gasteiger partial charge in [-0.3, -0.25) is 4.79 Å². The summed E-state index contributed by atoms with van der Waals surface area (Å²) in [4.78, 5) is 11.3. The van der Waals surface area contributed by atoms with Gasteiger partial charge in [0.15, 0.2) is 0 Å². The van der Waals surface area contributed by atoms with Gasteiger partial charge in [-0.1, -0.05) is 0 Å². The highest BCUT2D eigenvalue weighted by Crippen LogP contribution is 2.32. The molecule has 1 saturated heterocycles. The topological polar surface area (TPSA) is 66.5 Å². The molecule has 1 heterocycles. The van der Waals surface area contributed by atoms with Crippen LogP contribution in [0.25, 0.3) is 0 Å². The molecule has 94 valence electrons. The summed E-state index contributed by atoms with van der Waals surface area (Å²) in [6.07, 6.45) is 0. The first-order valence-electron chi connectivity index (χ1n) is 4.38. The summed E-state index contributed by atoms with van der Waals surface area (Å²) < 4.78 is 59.5. The molecule has 0 bridgehead atoms. The molecular weight excluding hydrogens is 249 g/mol. The Morgan fingerprint density at radius 1 is 1.38 bits per heavy atom. The number of amides is 1. The van der Waals surface area contributed by atoms with Gasteiger partial charge in [-0.25, -0.2) is 8.42 Å². The second-order valence-corrected chi connectivity index (χ2v) is 5.69. The zero-order chi connectivity index (χ0) is 12.8. The van der Waals surface area contributed by atoms with Gasteiger partial charge in [-0.15, -0.1) is 0 Å². The highest BCUT2D eigenvalue weighted by molar-refractivity contribution is 7.90. The lowest BCUT2D eigenvalue weighted by atomic mass is 10.0. The van der Waals surface area contributed by atoms with Gasteiger partial charge in [0.1, 0.15) is 5.54 Å². The number of alkyl halides is 3. The summed E-state index contributed by atoms with van der Waals surface area (Å²) in [7, 11) is -5.47. The summed E-state index contributed by atoms with van der Waals surface area (Å²) in [5, 5.41) is 2.31. The lowest BCUT2D eigenvalue weighted by Gasteiger charge is -2.39. The summed E-state index contributed by atoms with van der Waals surface area (Å²) in [5.41, 5.74) is -7.12. The van der Waals surface area contributed by atoms with Crippen molar-refractivity contribution in [3.05, 3.63) is 0 Å². The highest BCUT2D eigenvalue weighted by Gasteiger charge is 2.56. The number of rotatable bonds is 1. The molecule has 1 N–H and O–H groups in total. The number of carbonyl (C=O) groups is 1. The van der Waals surface area contributed by atoms with E-state index in [1.54, 1.807) is 0 Å². The Kier molecular flexibility index (Phi) is 2.97. The number of nitrogens with zero attached hydrogens (tertiary/aromatic N) is 1. The monoisotopic (exact) mass is 260 g/mol. The molecule has 0 saturated carbocycles. The molecule has 0 unspecified atom stereocenters. The maximum absolute atomic E-state index is 12.3. The van der Waals surface area contributed by atoms with Gasteiger partial charge in [-0.2, -0.15) is 17.5 Å². The fourth-order valence-electron chi connectivity index (χ4n) is 1.43. The van der Waals surface area contributed by atoms with Crippen molar-refractivity contribution < 1.29 is 26.4 Å². The summed E-state index contributed by atoms with van der Waals surface area (Å²) in [5.74, 6) is -0.744. The van der Waals surface area contributed by atoms with Crippen molar-refractivity contribution in [2.45, 2.75) is 24.9 Å². The van der Waals surface area contributed by atoms with Crippen LogP contribution in [-0.2, 0) is 14.8 Å². The quantitative estimate of drug-likeness (QED) is 0.724. The number of sulfonamides is 1. The highest BCUT2D eigenvalue weighted by atomic mass is 32.2. The van der Waals surface area contributed by atoms with E-state index in [0.717, 1.165) is 13.8 Å². The van der Waals surface area contributed by atoms with Gasteiger partial charge in [0.2, 0.25) is 5.91 Å². The van der Waals surface area contributed by atoms with E-state index in [0.29, 0.717) is 0 Å². The number of halogens is 3. The van der Waals surface area contributed by atoms with Crippen molar-refractivity contribution in [2.75, 3.05) is 13.1 Å². The SMILES string of the molecule is CC1(C)C(=O)NCCN1S(=O)(=O)C(F)(F)F. The van der Waals surface area contributed by atoms with E-state index in [4.69, 9.17) is 0 Å². The maximum atomic E-state index is 12.3. The van der Waals surface area contributed by atoms with Crippen molar-refractivity contribution in [2.24, 2.45) is 0 Å². The van der Waals surface area contributed by atoms with Gasteiger partial charge in [0.25, 0.3) is 0 Å². The molecule has 9 heteroatoms. The van der Waals surface area contributed by atoms with Crippen LogP contribution < -0.4 is 5.32 Å². The number of nitrogens with one attached hydrogen (secondary N) is 1. The molecule has 1 aliphatic rings. The molecule has 16 heavy (non-hydrogen) atoms. The van der Waals surface area contributed by atoms with Crippen molar-refractivity contribution >= 4 is 15.9 Å². The molecule has 1 aliphatic heterocycles. The Morgan fingerprint density at radius 3 is 2.31 bits per heavy atom. The van der Waals surface area contributed by atoms with E-state index in [1.165, 1.54) is 0 Å². The van der Waals surface area contributed by atoms with Gasteiger partial charge in [0, 0.05) is 13.1 Å². The van der Waals surface area contributed by atoms with Crippen molar-refractivity contribution in [3.8, 4) is 0 Å². The van der Waals surface area contributed by atoms with Crippen molar-refractivity contribution in [3.63, 3.8) is 0 Å². The molecule has 1 rings (SSSR count). The molecule has 0 atom stereocenters. The summed E-state index contributed by atoms with van der Waals surface area (Å²) >= 11 is 0. The lowest BCUT2D eigenvalue weighted by molar-refractivity contribution is -0.132. The maximum Gasteiger partial charge on any atom is 0.511 e. The molecule has 0 aromatic heterocycles. The Labute approximate surface area is 90.7 Å². The van der Waals surface area contributed by atoms with Crippen LogP contribution in [0.4, 0.5) is 13.2 Å². The van der Waals surface area contributed by atoms with E-state index < -0.39 is 27.0 Å². The average Bonchev–Trinajstić information content (AvgIpc) is 2.07. The first-order valence-corrected chi connectivity index (χ1v) is 5.82. The minimum absolute atomic E-state index is 0.127. The predicted octanol–water partition coefficient (Wildman–Crippen LogP) is 0.0464. The number of carbonyl (C=O) groups excluding carboxylic acids is 1. The standard InChI is InChI=1S/C7H11F3N2O3S/c1-6(2)5(13)11-3-4-12(6)16(14,15)7(8,9)10/h3-4H2,1-2H3,(H,11,13). The minimum atomic E-state index is -5.47. The molecule has 0 aliphatic carbocycles. The first kappa shape index (κ1) is 13.2. The van der Waals surface area contributed by atoms with E-state index in [-0.39, 0.29) is 17.4 Å². The Morgan fingerprint density at radius 2 is 1.88 bits per heavy atom. The van der Waals surface area contributed by atoms with Crippen LogP contribution in [0.1, 0.15) is 13.8 Å². The number of hydrogen-bond acceptors (Lipinski definition) is 3. The number of piperazine rings is 1. The van der Waals surface area contributed by atoms with E-state index >= 15 is 0 Å². The van der Waals surface area contributed by atoms with E-state index in [1.807, 2.05) is 0 Å². The third-order valence-corrected chi connectivity index (χ3v) is 4.17. The first-order chi connectivity index (χ1) is 7.01. The Bertz CT molecular complexity index is 402. The lowest BCUT2D eigenvalue weighted by Crippen LogP contribution is -2.65. The minimum Gasteiger partial charge on any atom is -0.353 e. The third kappa shape index (κ3) is 1.88. The van der Waals surface area contributed by atoms with Crippen LogP contribution in [0.15, 0.2) is 0 Å². The molecule has 0 aromatic rings. The van der Waals surface area contributed by atoms with Crippen molar-refractivity contribution in [1.82, 2.24) is 9.62 Å². The molecule has 5 nitrogen and oxygen atoms in total. The summed E-state index contributed by atoms with van der Waals surface area (Å²) in [6.45, 7) is 1.74. The second-order valence-electron chi connectivity index (χ2n) is 3.84. The van der Waals surface area contributed by atoms with Crippen LogP contribution >= 0.6 is 0 Å². The third-order valence-electron chi connectivity index (χ3n) is 2.36. The Hall–Kier alpha value is -0.830. The number of hydrogen-bond donors (Lipinski definition) is 1. The second kappa shape index (κ2) is 3.59. The molecular formula is C7H11F3N2O3S. The van der Waals surface area contributed by atoms with Crippen LogP contribution in [0, 0.1) is 0 Å². The largest absolute Gasteiger partial charge is 0.511 e. The fourth-order valence-corrected chi connectivity index (χ4v) is 2.69. The van der Waals surface area contributed by atoms with Crippen LogP contribution in [0.2, 0.25) is 0 Å². The zero-order valence-corrected chi connectivity index (χ0v) is 9.44. The van der Waals surface area contributed by atoms with Crippen LogP contribution in [-0.4, -0.2) is 42.8 Å². The van der Waals surface area contributed by atoms with E-state index in [9.17, 15) is 26.4 Å². The van der Waals surface area contributed by atoms with Gasteiger partial charge < -0.3 is 5.32 Å². The molecule has 0 aromatic carbocycles. The molecule has 1 amide bonds. The van der Waals surface area contributed by atoms with Gasteiger partial charge in [0.05, 0.1) is 0 Å². The van der Waals surface area contributed by atoms with Gasteiger partial charge in [-0.05, 0) is 13.8 Å². The van der Waals surface area contributed by atoms with Crippen LogP contribution in [0.5, 0.6) is 0 Å². The summed E-state index contributed by atoms with van der Waals surface area (Å²) in [6, 6.07) is 0. The van der Waals surface area contributed by atoms with Crippen molar-refractivity contribution in [1.29, 1.82) is 0 Å². The fraction of sp³-hybridized carbons (Fsp3) is 0.857. The smallest absolute Gasteiger partial charge is 0.353 e. The molecule has 0 radical (unpaired) electrons. The Balaban J connectivity index is 3.19. The van der Waals surface area contributed by atoms with Gasteiger partial charge >= 0.3 is 15.5 Å².